The normalized spacial score (nSPS) is 12.1. The van der Waals surface area contributed by atoms with Gasteiger partial charge in [-0.1, -0.05) is 60.3 Å². The van der Waals surface area contributed by atoms with Gasteiger partial charge in [-0.15, -0.1) is 0 Å². The van der Waals surface area contributed by atoms with Gasteiger partial charge in [0.15, 0.2) is 5.16 Å². The molecule has 0 saturated heterocycles. The largest absolute Gasteiger partial charge is 0.351 e. The lowest BCUT2D eigenvalue weighted by Gasteiger charge is -2.16. The first-order valence-corrected chi connectivity index (χ1v) is 10.2. The Morgan fingerprint density at radius 3 is 2.62 bits per heavy atom. The van der Waals surface area contributed by atoms with Crippen molar-refractivity contribution in [3.8, 4) is 0 Å². The number of H-pyrrole nitrogens is 1. The van der Waals surface area contributed by atoms with Crippen molar-refractivity contribution < 1.29 is 9.18 Å². The molecule has 3 aromatic carbocycles. The lowest BCUT2D eigenvalue weighted by atomic mass is 10.1. The van der Waals surface area contributed by atoms with Crippen LogP contribution in [0.5, 0.6) is 0 Å². The maximum Gasteiger partial charge on any atom is 0.238 e. The summed E-state index contributed by atoms with van der Waals surface area (Å²) < 4.78 is 13.1. The van der Waals surface area contributed by atoms with Crippen LogP contribution in [0, 0.1) is 12.7 Å². The number of aryl methyl sites for hydroxylation is 1. The summed E-state index contributed by atoms with van der Waals surface area (Å²) >= 11 is 1.38. The number of nitrogens with zero attached hydrogens (tertiary/aromatic N) is 1. The average Bonchev–Trinajstić information content (AvgIpc) is 3.13. The number of nitrogens with one attached hydrogen (secondary N) is 2. The molecule has 6 heteroatoms. The first kappa shape index (κ1) is 19.2. The molecule has 0 saturated carbocycles. The van der Waals surface area contributed by atoms with Gasteiger partial charge in [-0.3, -0.25) is 4.79 Å². The quantitative estimate of drug-likeness (QED) is 0.436. The molecular weight excluding hydrogens is 385 g/mol. The highest BCUT2D eigenvalue weighted by molar-refractivity contribution is 8.00. The van der Waals surface area contributed by atoms with Crippen LogP contribution >= 0.6 is 11.8 Å². The number of benzene rings is 3. The van der Waals surface area contributed by atoms with E-state index in [1.165, 1.54) is 23.9 Å². The van der Waals surface area contributed by atoms with Gasteiger partial charge in [-0.25, -0.2) is 9.37 Å². The molecule has 0 aliphatic carbocycles. The first-order chi connectivity index (χ1) is 14.1. The van der Waals surface area contributed by atoms with E-state index in [9.17, 15) is 9.18 Å². The molecule has 1 aromatic heterocycles. The smallest absolute Gasteiger partial charge is 0.238 e. The second-order valence-corrected chi connectivity index (χ2v) is 7.91. The second-order valence-electron chi connectivity index (χ2n) is 6.82. The van der Waals surface area contributed by atoms with E-state index in [-0.39, 0.29) is 11.7 Å². The number of amides is 1. The van der Waals surface area contributed by atoms with E-state index in [0.717, 1.165) is 27.7 Å². The highest BCUT2D eigenvalue weighted by Gasteiger charge is 2.23. The predicted molar refractivity (Wildman–Crippen MR) is 114 cm³/mol. The van der Waals surface area contributed by atoms with Crippen LogP contribution in [-0.4, -0.2) is 15.9 Å². The summed E-state index contributed by atoms with van der Waals surface area (Å²) in [6.07, 6.45) is 0. The van der Waals surface area contributed by atoms with Crippen molar-refractivity contribution >= 4 is 28.7 Å². The van der Waals surface area contributed by atoms with Crippen LogP contribution in [0.4, 0.5) is 4.39 Å². The van der Waals surface area contributed by atoms with Crippen molar-refractivity contribution in [1.82, 2.24) is 15.3 Å². The molecule has 1 amide bonds. The molecular formula is C23H20FN3OS. The second kappa shape index (κ2) is 8.49. The zero-order valence-electron chi connectivity index (χ0n) is 15.9. The Balaban J connectivity index is 1.55. The molecule has 0 fully saturated rings. The third kappa shape index (κ3) is 4.66. The van der Waals surface area contributed by atoms with E-state index in [4.69, 9.17) is 0 Å². The Kier molecular flexibility index (Phi) is 5.62. The van der Waals surface area contributed by atoms with Crippen LogP contribution in [-0.2, 0) is 11.3 Å². The summed E-state index contributed by atoms with van der Waals surface area (Å²) in [5, 5.41) is 3.19. The molecule has 0 bridgehead atoms. The van der Waals surface area contributed by atoms with Crippen LogP contribution in [0.2, 0.25) is 0 Å². The molecule has 0 aliphatic rings. The predicted octanol–water partition coefficient (Wildman–Crippen LogP) is 5.16. The van der Waals surface area contributed by atoms with Gasteiger partial charge in [0.05, 0.1) is 11.0 Å². The summed E-state index contributed by atoms with van der Waals surface area (Å²) in [6.45, 7) is 2.37. The molecule has 1 heterocycles. The van der Waals surface area contributed by atoms with Gasteiger partial charge >= 0.3 is 0 Å². The van der Waals surface area contributed by atoms with E-state index in [2.05, 4.69) is 15.3 Å². The van der Waals surface area contributed by atoms with Gasteiger partial charge in [0, 0.05) is 6.54 Å². The zero-order chi connectivity index (χ0) is 20.2. The fourth-order valence-electron chi connectivity index (χ4n) is 3.05. The van der Waals surface area contributed by atoms with Crippen LogP contribution in [0.25, 0.3) is 11.0 Å². The Bertz CT molecular complexity index is 1130. The fourth-order valence-corrected chi connectivity index (χ4v) is 4.08. The molecule has 0 radical (unpaired) electrons. The summed E-state index contributed by atoms with van der Waals surface area (Å²) in [5.41, 5.74) is 4.71. The van der Waals surface area contributed by atoms with Gasteiger partial charge < -0.3 is 10.3 Å². The topological polar surface area (TPSA) is 57.8 Å². The third-order valence-corrected chi connectivity index (χ3v) is 5.70. The minimum Gasteiger partial charge on any atom is -0.351 e. The van der Waals surface area contributed by atoms with Gasteiger partial charge in [-0.2, -0.15) is 0 Å². The standard InChI is InChI=1S/C23H20FN3OS/c1-15-7-12-19-20(13-15)27-23(26-19)29-21(17-5-3-2-4-6-17)22(28)25-14-16-8-10-18(24)11-9-16/h2-13,21H,14H2,1H3,(H,25,28)(H,26,27)/t21-/m0/s1. The van der Waals surface area contributed by atoms with Gasteiger partial charge in [0.1, 0.15) is 11.1 Å². The number of imidazole rings is 1. The van der Waals surface area contributed by atoms with E-state index < -0.39 is 5.25 Å². The van der Waals surface area contributed by atoms with Crippen molar-refractivity contribution in [2.24, 2.45) is 0 Å². The first-order valence-electron chi connectivity index (χ1n) is 9.28. The molecule has 0 spiro atoms. The van der Waals surface area contributed by atoms with Gasteiger partial charge in [-0.05, 0) is 47.9 Å². The van der Waals surface area contributed by atoms with Crippen molar-refractivity contribution in [2.45, 2.75) is 23.9 Å². The van der Waals surface area contributed by atoms with Crippen LogP contribution in [0.3, 0.4) is 0 Å². The maximum absolute atomic E-state index is 13.1. The minimum absolute atomic E-state index is 0.123. The molecule has 1 atom stereocenters. The molecule has 29 heavy (non-hydrogen) atoms. The molecule has 0 aliphatic heterocycles. The molecule has 4 nitrogen and oxygen atoms in total. The van der Waals surface area contributed by atoms with Crippen molar-refractivity contribution in [2.75, 3.05) is 0 Å². The highest BCUT2D eigenvalue weighted by atomic mass is 32.2. The Labute approximate surface area is 172 Å². The maximum atomic E-state index is 13.1. The number of rotatable bonds is 6. The summed E-state index contributed by atoms with van der Waals surface area (Å²) in [7, 11) is 0. The number of hydrogen-bond donors (Lipinski definition) is 2. The van der Waals surface area contributed by atoms with Crippen molar-refractivity contribution in [1.29, 1.82) is 0 Å². The summed E-state index contributed by atoms with van der Waals surface area (Å²) in [4.78, 5) is 20.9. The fraction of sp³-hybridized carbons (Fsp3) is 0.130. The number of aromatic nitrogens is 2. The molecule has 2 N–H and O–H groups in total. The average molecular weight is 405 g/mol. The number of carbonyl (C=O) groups excluding carboxylic acids is 1. The van der Waals surface area contributed by atoms with E-state index in [0.29, 0.717) is 11.7 Å². The number of thioether (sulfide) groups is 1. The van der Waals surface area contributed by atoms with Crippen LogP contribution in [0.1, 0.15) is 21.9 Å². The van der Waals surface area contributed by atoms with Gasteiger partial charge in [0.25, 0.3) is 0 Å². The number of hydrogen-bond acceptors (Lipinski definition) is 3. The molecule has 4 rings (SSSR count). The Hall–Kier alpha value is -3.12. The highest BCUT2D eigenvalue weighted by Crippen LogP contribution is 2.35. The summed E-state index contributed by atoms with van der Waals surface area (Å²) in [6, 6.07) is 21.8. The number of halogens is 1. The molecule has 146 valence electrons. The SMILES string of the molecule is Cc1ccc2nc(S[C@H](C(=O)NCc3ccc(F)cc3)c3ccccc3)[nH]c2c1. The number of carbonyl (C=O) groups is 1. The third-order valence-electron chi connectivity index (χ3n) is 4.57. The van der Waals surface area contributed by atoms with Crippen LogP contribution in [0.15, 0.2) is 78.0 Å². The minimum atomic E-state index is -0.460. The van der Waals surface area contributed by atoms with Crippen molar-refractivity contribution in [3.05, 3.63) is 95.3 Å². The van der Waals surface area contributed by atoms with Crippen LogP contribution < -0.4 is 5.32 Å². The van der Waals surface area contributed by atoms with Gasteiger partial charge in [0.2, 0.25) is 5.91 Å². The van der Waals surface area contributed by atoms with E-state index in [1.807, 2.05) is 55.5 Å². The van der Waals surface area contributed by atoms with Crippen molar-refractivity contribution in [3.63, 3.8) is 0 Å². The number of fused-ring (bicyclic) bond motifs is 1. The number of aromatic amines is 1. The lowest BCUT2D eigenvalue weighted by Crippen LogP contribution is -2.27. The van der Waals surface area contributed by atoms with E-state index >= 15 is 0 Å². The Morgan fingerprint density at radius 1 is 1.10 bits per heavy atom. The summed E-state index contributed by atoms with van der Waals surface area (Å²) in [5.74, 6) is -0.417. The van der Waals surface area contributed by atoms with E-state index in [1.54, 1.807) is 12.1 Å². The molecule has 0 unspecified atom stereocenters. The Morgan fingerprint density at radius 2 is 1.86 bits per heavy atom. The lowest BCUT2D eigenvalue weighted by molar-refractivity contribution is -0.120. The monoisotopic (exact) mass is 405 g/mol. The zero-order valence-corrected chi connectivity index (χ0v) is 16.7. The molecule has 4 aromatic rings.